The average Bonchev–Trinajstić information content (AvgIpc) is 2.34. The van der Waals surface area contributed by atoms with E-state index < -0.39 is 0 Å². The van der Waals surface area contributed by atoms with Crippen molar-refractivity contribution >= 4 is 5.78 Å². The number of Topliss-reactive ketones (excluding diaryl/α,β-unsaturated/α-hetero) is 1. The van der Waals surface area contributed by atoms with Gasteiger partial charge in [0.2, 0.25) is 0 Å². The average molecular weight is 255 g/mol. The van der Waals surface area contributed by atoms with Gasteiger partial charge in [-0.1, -0.05) is 13.3 Å². The van der Waals surface area contributed by atoms with E-state index in [9.17, 15) is 4.79 Å². The van der Waals surface area contributed by atoms with Crippen molar-refractivity contribution in [2.45, 2.75) is 26.2 Å². The Balaban J connectivity index is 1.61. The first-order valence-corrected chi connectivity index (χ1v) is 7.22. The van der Waals surface area contributed by atoms with Gasteiger partial charge in [0, 0.05) is 32.8 Å². The first-order valence-electron chi connectivity index (χ1n) is 7.22. The lowest BCUT2D eigenvalue weighted by molar-refractivity contribution is -0.144. The lowest BCUT2D eigenvalue weighted by atomic mass is 9.86. The summed E-state index contributed by atoms with van der Waals surface area (Å²) in [6.45, 7) is 7.96. The van der Waals surface area contributed by atoms with Crippen molar-refractivity contribution in [3.8, 4) is 0 Å². The molecule has 18 heavy (non-hydrogen) atoms. The number of hydrogen-bond acceptors (Lipinski definition) is 4. The van der Waals surface area contributed by atoms with E-state index in [-0.39, 0.29) is 11.8 Å². The number of likely N-dealkylation sites (tertiary alicyclic amines) is 1. The van der Waals surface area contributed by atoms with E-state index in [1.807, 2.05) is 0 Å². The summed E-state index contributed by atoms with van der Waals surface area (Å²) in [4.78, 5) is 14.3. The molecule has 0 aromatic rings. The maximum Gasteiger partial charge on any atom is 0.146 e. The number of nitrogens with zero attached hydrogens (tertiary/aromatic N) is 1. The van der Waals surface area contributed by atoms with Crippen LogP contribution in [0.25, 0.3) is 0 Å². The van der Waals surface area contributed by atoms with Crippen LogP contribution in [-0.2, 0) is 14.3 Å². The van der Waals surface area contributed by atoms with Crippen molar-refractivity contribution < 1.29 is 14.3 Å². The van der Waals surface area contributed by atoms with Crippen LogP contribution >= 0.6 is 0 Å². The van der Waals surface area contributed by atoms with Crippen molar-refractivity contribution in [1.29, 1.82) is 0 Å². The molecular weight excluding hydrogens is 230 g/mol. The van der Waals surface area contributed by atoms with Gasteiger partial charge in [-0.05, 0) is 12.8 Å². The Labute approximate surface area is 110 Å². The van der Waals surface area contributed by atoms with Crippen LogP contribution in [0.15, 0.2) is 0 Å². The van der Waals surface area contributed by atoms with Crippen LogP contribution in [0.2, 0.25) is 0 Å². The molecule has 104 valence electrons. The zero-order valence-electron chi connectivity index (χ0n) is 11.4. The van der Waals surface area contributed by atoms with Gasteiger partial charge in [-0.15, -0.1) is 0 Å². The summed E-state index contributed by atoms with van der Waals surface area (Å²) in [6, 6.07) is 0. The number of piperidine rings is 1. The summed E-state index contributed by atoms with van der Waals surface area (Å²) in [7, 11) is 0. The van der Waals surface area contributed by atoms with Crippen LogP contribution in [0, 0.1) is 11.8 Å². The second-order valence-electron chi connectivity index (χ2n) is 5.41. The standard InChI is InChI=1S/C14H25NO3/c1-2-3-6-17-7-4-5-15-8-12-10-18-11-13(9-15)14(12)16/h12-13H,2-11H2,1H3. The first kappa shape index (κ1) is 14.0. The molecular formula is C14H25NO3. The monoisotopic (exact) mass is 255 g/mol. The number of ether oxygens (including phenoxy) is 2. The Kier molecular flexibility index (Phi) is 5.60. The topological polar surface area (TPSA) is 38.8 Å². The van der Waals surface area contributed by atoms with E-state index in [1.165, 1.54) is 6.42 Å². The molecule has 0 saturated carbocycles. The third-order valence-corrected chi connectivity index (χ3v) is 3.81. The normalized spacial score (nSPS) is 28.6. The molecule has 2 bridgehead atoms. The second-order valence-corrected chi connectivity index (χ2v) is 5.41. The van der Waals surface area contributed by atoms with E-state index in [4.69, 9.17) is 9.47 Å². The molecule has 4 heteroatoms. The lowest BCUT2D eigenvalue weighted by Gasteiger charge is -2.39. The molecule has 4 nitrogen and oxygen atoms in total. The molecule has 2 aliphatic rings. The highest BCUT2D eigenvalue weighted by molar-refractivity contribution is 5.85. The minimum atomic E-state index is 0.124. The Morgan fingerprint density at radius 1 is 1.22 bits per heavy atom. The highest BCUT2D eigenvalue weighted by atomic mass is 16.5. The highest BCUT2D eigenvalue weighted by Crippen LogP contribution is 2.23. The molecule has 0 aromatic carbocycles. The molecule has 2 saturated heterocycles. The largest absolute Gasteiger partial charge is 0.381 e. The Morgan fingerprint density at radius 3 is 2.56 bits per heavy atom. The fourth-order valence-corrected chi connectivity index (χ4v) is 2.75. The van der Waals surface area contributed by atoms with Gasteiger partial charge in [0.25, 0.3) is 0 Å². The molecule has 0 radical (unpaired) electrons. The number of carbonyl (C=O) groups excluding carboxylic acids is 1. The maximum atomic E-state index is 11.9. The lowest BCUT2D eigenvalue weighted by Crippen LogP contribution is -2.53. The molecule has 2 fully saturated rings. The van der Waals surface area contributed by atoms with Gasteiger partial charge in [0.15, 0.2) is 0 Å². The molecule has 0 aromatic heterocycles. The molecule has 0 amide bonds. The summed E-state index contributed by atoms with van der Waals surface area (Å²) in [5, 5.41) is 0. The molecule has 2 unspecified atom stereocenters. The van der Waals surface area contributed by atoms with Gasteiger partial charge in [0.05, 0.1) is 25.0 Å². The smallest absolute Gasteiger partial charge is 0.146 e. The van der Waals surface area contributed by atoms with Crippen LogP contribution in [-0.4, -0.2) is 56.7 Å². The van der Waals surface area contributed by atoms with Crippen LogP contribution < -0.4 is 0 Å². The SMILES string of the molecule is CCCCOCCCN1CC2COCC(C1)C2=O. The van der Waals surface area contributed by atoms with Gasteiger partial charge >= 0.3 is 0 Å². The van der Waals surface area contributed by atoms with Gasteiger partial charge in [0.1, 0.15) is 5.78 Å². The van der Waals surface area contributed by atoms with Gasteiger partial charge in [-0.3, -0.25) is 4.79 Å². The molecule has 2 rings (SSSR count). The third kappa shape index (κ3) is 3.77. The summed E-state index contributed by atoms with van der Waals surface area (Å²) in [5.74, 6) is 0.675. The van der Waals surface area contributed by atoms with E-state index in [1.54, 1.807) is 0 Å². The van der Waals surface area contributed by atoms with E-state index >= 15 is 0 Å². The van der Waals surface area contributed by atoms with Crippen LogP contribution in [0.3, 0.4) is 0 Å². The van der Waals surface area contributed by atoms with Crippen molar-refractivity contribution in [2.24, 2.45) is 11.8 Å². The van der Waals surface area contributed by atoms with E-state index in [0.717, 1.165) is 45.7 Å². The molecule has 0 aliphatic carbocycles. The van der Waals surface area contributed by atoms with Crippen molar-refractivity contribution in [3.63, 3.8) is 0 Å². The summed E-state index contributed by atoms with van der Waals surface area (Å²) in [6.07, 6.45) is 3.41. The number of fused-ring (bicyclic) bond motifs is 2. The minimum absolute atomic E-state index is 0.124. The fraction of sp³-hybridized carbons (Fsp3) is 0.929. The van der Waals surface area contributed by atoms with Crippen molar-refractivity contribution in [3.05, 3.63) is 0 Å². The van der Waals surface area contributed by atoms with Crippen molar-refractivity contribution in [1.82, 2.24) is 4.90 Å². The molecule has 2 heterocycles. The van der Waals surface area contributed by atoms with Gasteiger partial charge in [-0.2, -0.15) is 0 Å². The molecule has 0 spiro atoms. The number of unbranched alkanes of at least 4 members (excludes halogenated alkanes) is 1. The third-order valence-electron chi connectivity index (χ3n) is 3.81. The number of hydrogen-bond donors (Lipinski definition) is 0. The Bertz CT molecular complexity index is 254. The summed E-state index contributed by atoms with van der Waals surface area (Å²) < 4.78 is 11.0. The Hall–Kier alpha value is -0.450. The molecule has 0 N–H and O–H groups in total. The summed E-state index contributed by atoms with van der Waals surface area (Å²) in [5.41, 5.74) is 0. The molecule has 2 atom stereocenters. The maximum absolute atomic E-state index is 11.9. The zero-order valence-corrected chi connectivity index (χ0v) is 11.4. The van der Waals surface area contributed by atoms with Crippen LogP contribution in [0.1, 0.15) is 26.2 Å². The second kappa shape index (κ2) is 7.22. The van der Waals surface area contributed by atoms with Crippen molar-refractivity contribution in [2.75, 3.05) is 46.1 Å². The van der Waals surface area contributed by atoms with Gasteiger partial charge < -0.3 is 14.4 Å². The van der Waals surface area contributed by atoms with E-state index in [0.29, 0.717) is 19.0 Å². The number of rotatable bonds is 7. The predicted octanol–water partition coefficient (Wildman–Crippen LogP) is 1.34. The fourth-order valence-electron chi connectivity index (χ4n) is 2.75. The minimum Gasteiger partial charge on any atom is -0.381 e. The Morgan fingerprint density at radius 2 is 1.89 bits per heavy atom. The first-order chi connectivity index (χ1) is 8.81. The molecule has 2 aliphatic heterocycles. The highest BCUT2D eigenvalue weighted by Gasteiger charge is 2.38. The van der Waals surface area contributed by atoms with E-state index in [2.05, 4.69) is 11.8 Å². The summed E-state index contributed by atoms with van der Waals surface area (Å²) >= 11 is 0. The number of carbonyl (C=O) groups is 1. The predicted molar refractivity (Wildman–Crippen MR) is 69.6 cm³/mol. The quantitative estimate of drug-likeness (QED) is 0.644. The van der Waals surface area contributed by atoms with Crippen LogP contribution in [0.4, 0.5) is 0 Å². The van der Waals surface area contributed by atoms with Gasteiger partial charge in [-0.25, -0.2) is 0 Å². The van der Waals surface area contributed by atoms with Crippen LogP contribution in [0.5, 0.6) is 0 Å². The zero-order chi connectivity index (χ0) is 12.8. The number of ketones is 1.